The van der Waals surface area contributed by atoms with Gasteiger partial charge < -0.3 is 33.8 Å². The molecule has 1 heterocycles. The molecule has 4 rings (SSSR count). The Kier molecular flexibility index (Phi) is 11.1. The van der Waals surface area contributed by atoms with E-state index in [0.717, 1.165) is 40.1 Å². The van der Waals surface area contributed by atoms with Gasteiger partial charge in [0.25, 0.3) is 0 Å². The molecule has 0 amide bonds. The lowest BCUT2D eigenvalue weighted by atomic mass is 10.0. The monoisotopic (exact) mass is 692 g/mol. The quantitative estimate of drug-likeness (QED) is 0.146. The maximum Gasteiger partial charge on any atom is 0.213 e. The highest BCUT2D eigenvalue weighted by atomic mass is 127. The molecule has 0 radical (unpaired) electrons. The summed E-state index contributed by atoms with van der Waals surface area (Å²) in [5.74, 6) is 0. The number of nitrogens with zero attached hydrogens (tertiary/aromatic N) is 4. The van der Waals surface area contributed by atoms with Gasteiger partial charge in [-0.25, -0.2) is 0 Å². The van der Waals surface area contributed by atoms with Crippen LogP contribution in [0.5, 0.6) is 0 Å². The van der Waals surface area contributed by atoms with Crippen LogP contribution in [0.15, 0.2) is 89.4 Å². The van der Waals surface area contributed by atoms with Gasteiger partial charge in [0.15, 0.2) is 0 Å². The topological polar surface area (TPSA) is 34.1 Å². The first kappa shape index (κ1) is 30.4. The summed E-state index contributed by atoms with van der Waals surface area (Å²) in [7, 11) is 8.31. The van der Waals surface area contributed by atoms with Crippen molar-refractivity contribution >= 4 is 39.5 Å². The van der Waals surface area contributed by atoms with Crippen LogP contribution in [-0.2, 0) is 7.05 Å². The van der Waals surface area contributed by atoms with Gasteiger partial charge in [0, 0.05) is 73.7 Å². The number of aromatic nitrogens is 1. The third kappa shape index (κ3) is 7.93. The standard InChI is InChI=1S/C33H34BrN4.HI/c1-36(2)30-19-12-26(13-20-30)28-23-32(38(4)33(24-28)27-10-14-29(34)15-11-27)18-9-25-7-16-31(17-8-25)37(3)22-6-5-21-35;/h7-20,23-24H,5-6,22H2,1-4H3;1H/q+1;/p-1. The Hall–Kier alpha value is -3.15. The van der Waals surface area contributed by atoms with E-state index in [1.807, 2.05) is 0 Å². The number of unbranched alkanes of at least 4 members (excludes halogenated alkanes) is 1. The molecular weight excluding hydrogens is 659 g/mol. The largest absolute Gasteiger partial charge is 1.00 e. The van der Waals surface area contributed by atoms with Crippen LogP contribution in [0.1, 0.15) is 24.1 Å². The number of benzene rings is 3. The highest BCUT2D eigenvalue weighted by molar-refractivity contribution is 9.10. The highest BCUT2D eigenvalue weighted by Gasteiger charge is 2.17. The van der Waals surface area contributed by atoms with Crippen LogP contribution in [-0.4, -0.2) is 27.7 Å². The van der Waals surface area contributed by atoms with Crippen molar-refractivity contribution in [3.63, 3.8) is 0 Å². The molecule has 0 saturated carbocycles. The lowest BCUT2D eigenvalue weighted by molar-refractivity contribution is -0.662. The number of rotatable bonds is 9. The van der Waals surface area contributed by atoms with Crippen LogP contribution in [0.3, 0.4) is 0 Å². The van der Waals surface area contributed by atoms with Crippen LogP contribution < -0.4 is 38.3 Å². The molecule has 0 bridgehead atoms. The normalized spacial score (nSPS) is 10.7. The summed E-state index contributed by atoms with van der Waals surface area (Å²) >= 11 is 3.56. The van der Waals surface area contributed by atoms with Crippen molar-refractivity contribution in [2.24, 2.45) is 7.05 Å². The first-order valence-corrected chi connectivity index (χ1v) is 13.6. The highest BCUT2D eigenvalue weighted by Crippen LogP contribution is 2.28. The van der Waals surface area contributed by atoms with Crippen molar-refractivity contribution in [3.8, 4) is 28.5 Å². The molecule has 1 aromatic heterocycles. The van der Waals surface area contributed by atoms with Gasteiger partial charge in [-0.3, -0.25) is 0 Å². The zero-order valence-electron chi connectivity index (χ0n) is 22.9. The number of hydrogen-bond acceptors (Lipinski definition) is 3. The predicted molar refractivity (Wildman–Crippen MR) is 164 cm³/mol. The molecule has 4 aromatic rings. The van der Waals surface area contributed by atoms with E-state index in [9.17, 15) is 0 Å². The minimum atomic E-state index is 0. The summed E-state index contributed by atoms with van der Waals surface area (Å²) in [6.07, 6.45) is 5.81. The summed E-state index contributed by atoms with van der Waals surface area (Å²) in [4.78, 5) is 4.31. The minimum absolute atomic E-state index is 0. The molecule has 0 aliphatic heterocycles. The molecule has 39 heavy (non-hydrogen) atoms. The number of halogens is 2. The van der Waals surface area contributed by atoms with E-state index in [1.54, 1.807) is 0 Å². The molecular formula is C33H34BrIN4. The van der Waals surface area contributed by atoms with Crippen LogP contribution >= 0.6 is 15.9 Å². The Morgan fingerprint density at radius 3 is 2.03 bits per heavy atom. The van der Waals surface area contributed by atoms with E-state index in [-0.39, 0.29) is 24.0 Å². The van der Waals surface area contributed by atoms with Gasteiger partial charge in [-0.15, -0.1) is 0 Å². The Balaban J connectivity index is 0.00000420. The average Bonchev–Trinajstić information content (AvgIpc) is 2.93. The maximum absolute atomic E-state index is 8.78. The fraction of sp³-hybridized carbons (Fsp3) is 0.212. The van der Waals surface area contributed by atoms with Crippen LogP contribution in [0, 0.1) is 11.3 Å². The maximum atomic E-state index is 8.78. The molecule has 0 atom stereocenters. The predicted octanol–water partition coefficient (Wildman–Crippen LogP) is 4.59. The SMILES string of the molecule is CN(C)c1ccc(-c2cc(C=Cc3ccc(N(C)CCCC#N)cc3)[n+](C)c(-c3ccc(Br)cc3)c2)cc1.[I-]. The molecule has 0 aliphatic rings. The molecule has 0 N–H and O–H groups in total. The van der Waals surface area contributed by atoms with Gasteiger partial charge in [0.1, 0.15) is 7.05 Å². The van der Waals surface area contributed by atoms with Gasteiger partial charge in [-0.1, -0.05) is 40.2 Å². The second-order valence-electron chi connectivity index (χ2n) is 9.67. The Bertz CT molecular complexity index is 1440. The van der Waals surface area contributed by atoms with Gasteiger partial charge in [0.2, 0.25) is 11.4 Å². The van der Waals surface area contributed by atoms with Crippen LogP contribution in [0.25, 0.3) is 34.5 Å². The van der Waals surface area contributed by atoms with Crippen molar-refractivity contribution in [1.29, 1.82) is 5.26 Å². The van der Waals surface area contributed by atoms with Crippen molar-refractivity contribution in [3.05, 3.63) is 101 Å². The van der Waals surface area contributed by atoms with E-state index < -0.39 is 0 Å². The minimum Gasteiger partial charge on any atom is -1.00 e. The first-order valence-electron chi connectivity index (χ1n) is 12.8. The summed E-state index contributed by atoms with van der Waals surface area (Å²) in [6, 6.07) is 32.5. The van der Waals surface area contributed by atoms with Crippen molar-refractivity contribution < 1.29 is 28.5 Å². The van der Waals surface area contributed by atoms with Gasteiger partial charge in [0.05, 0.1) is 6.07 Å². The zero-order valence-corrected chi connectivity index (χ0v) is 26.6. The fourth-order valence-electron chi connectivity index (χ4n) is 4.40. The third-order valence-corrected chi connectivity index (χ3v) is 7.29. The third-order valence-electron chi connectivity index (χ3n) is 6.76. The smallest absolute Gasteiger partial charge is 0.213 e. The Morgan fingerprint density at radius 1 is 0.795 bits per heavy atom. The van der Waals surface area contributed by atoms with Gasteiger partial charge >= 0.3 is 0 Å². The summed E-state index contributed by atoms with van der Waals surface area (Å²) in [5.41, 5.74) is 9.30. The molecule has 4 nitrogen and oxygen atoms in total. The molecule has 6 heteroatoms. The molecule has 0 spiro atoms. The Morgan fingerprint density at radius 2 is 1.41 bits per heavy atom. The van der Waals surface area contributed by atoms with Gasteiger partial charge in [-0.2, -0.15) is 9.83 Å². The van der Waals surface area contributed by atoms with E-state index in [4.69, 9.17) is 5.26 Å². The van der Waals surface area contributed by atoms with Crippen LogP contribution in [0.4, 0.5) is 11.4 Å². The summed E-state index contributed by atoms with van der Waals surface area (Å²) in [5, 5.41) is 8.78. The fourth-order valence-corrected chi connectivity index (χ4v) is 4.67. The van der Waals surface area contributed by atoms with Gasteiger partial charge in [-0.05, 0) is 77.7 Å². The molecule has 0 unspecified atom stereocenters. The first-order chi connectivity index (χ1) is 18.4. The van der Waals surface area contributed by atoms with Crippen molar-refractivity contribution in [2.75, 3.05) is 37.5 Å². The molecule has 0 aliphatic carbocycles. The van der Waals surface area contributed by atoms with Crippen molar-refractivity contribution in [2.45, 2.75) is 12.8 Å². The second-order valence-corrected chi connectivity index (χ2v) is 10.6. The number of nitriles is 1. The van der Waals surface area contributed by atoms with Crippen LogP contribution in [0.2, 0.25) is 0 Å². The Labute approximate surface area is 258 Å². The molecule has 3 aromatic carbocycles. The van der Waals surface area contributed by atoms with E-state index in [2.05, 4.69) is 162 Å². The zero-order chi connectivity index (χ0) is 27.1. The number of pyridine rings is 1. The molecule has 200 valence electrons. The average molecular weight is 693 g/mol. The number of hydrogen-bond donors (Lipinski definition) is 0. The van der Waals surface area contributed by atoms with E-state index in [1.165, 1.54) is 22.4 Å². The van der Waals surface area contributed by atoms with E-state index >= 15 is 0 Å². The lowest BCUT2D eigenvalue weighted by Gasteiger charge is -2.18. The molecule has 0 fully saturated rings. The number of anilines is 2. The second kappa shape index (κ2) is 14.3. The summed E-state index contributed by atoms with van der Waals surface area (Å²) in [6.45, 7) is 0.875. The lowest BCUT2D eigenvalue weighted by Crippen LogP contribution is -3.00. The summed E-state index contributed by atoms with van der Waals surface area (Å²) < 4.78 is 3.31. The molecule has 0 saturated heterocycles. The van der Waals surface area contributed by atoms with Crippen molar-refractivity contribution in [1.82, 2.24) is 0 Å². The van der Waals surface area contributed by atoms with E-state index in [0.29, 0.717) is 6.42 Å².